The monoisotopic (exact) mass is 1220 g/mol. The van der Waals surface area contributed by atoms with Crippen LogP contribution in [0.15, 0.2) is 218 Å². The molecule has 6 aliphatic rings. The third kappa shape index (κ3) is 8.72. The third-order valence-electron chi connectivity index (χ3n) is 24.1. The van der Waals surface area contributed by atoms with Crippen LogP contribution in [0.25, 0.3) is 11.1 Å². The van der Waals surface area contributed by atoms with Gasteiger partial charge in [-0.15, -0.1) is 0 Å². The van der Waals surface area contributed by atoms with Crippen molar-refractivity contribution in [3.05, 3.63) is 257 Å². The van der Waals surface area contributed by atoms with E-state index in [1.807, 2.05) is 0 Å². The minimum absolute atomic E-state index is 0.0146. The zero-order valence-electron chi connectivity index (χ0n) is 56.9. The second-order valence-corrected chi connectivity index (χ2v) is 37.0. The van der Waals surface area contributed by atoms with E-state index < -0.39 is 8.07 Å². The van der Waals surface area contributed by atoms with Crippen LogP contribution in [0.5, 0.6) is 0 Å². The number of anilines is 8. The summed E-state index contributed by atoms with van der Waals surface area (Å²) in [4.78, 5) is 8.30. The zero-order chi connectivity index (χ0) is 63.9. The molecular formula is C87H90BN3Si. The highest BCUT2D eigenvalue weighted by atomic mass is 28.3. The lowest BCUT2D eigenvalue weighted by Gasteiger charge is -2.61. The quantitative estimate of drug-likeness (QED) is 0.111. The van der Waals surface area contributed by atoms with Gasteiger partial charge in [-0.3, -0.25) is 0 Å². The lowest BCUT2D eigenvalue weighted by Crippen LogP contribution is -2.74. The summed E-state index contributed by atoms with van der Waals surface area (Å²) in [6.07, 6.45) is 6.45. The minimum atomic E-state index is -2.90. The van der Waals surface area contributed by atoms with Crippen LogP contribution in [0.2, 0.25) is 0 Å². The second-order valence-electron chi connectivity index (χ2n) is 33.2. The van der Waals surface area contributed by atoms with E-state index in [9.17, 15) is 0 Å². The predicted molar refractivity (Wildman–Crippen MR) is 396 cm³/mol. The molecule has 0 bridgehead atoms. The maximum Gasteiger partial charge on any atom is 0.252 e. The largest absolute Gasteiger partial charge is 0.334 e. The number of rotatable bonds is 8. The second kappa shape index (κ2) is 20.2. The molecule has 3 aliphatic carbocycles. The summed E-state index contributed by atoms with van der Waals surface area (Å²) in [6, 6.07) is 86.7. The standard InChI is InChI=1S/C87H90BN3Si/c1-57-43-78-80-79(44-57)90(74-41-36-63(81(2,3)4)48-70(74)58-27-19-15-20-28-58)77-49-65(38-40-72(77)88(80)73-46-61-53-83(7,8)54-62(61)47-76(73)89(78)64-37-35-59-51-82(5,6)52-60(59)45-64)91-75-42-39-69(50-71(75)86(13)55-84(9,10)85(11,12)56-87(86,91)14)92(66-29-21-16-22-30-66,67-31-23-17-24-32-67)68-33-25-18-26-34-68/h15-50H,51-56H2,1-14H3. The van der Waals surface area contributed by atoms with Crippen LogP contribution in [0, 0.1) is 28.6 Å². The van der Waals surface area contributed by atoms with Crippen LogP contribution < -0.4 is 51.8 Å². The topological polar surface area (TPSA) is 9.72 Å². The van der Waals surface area contributed by atoms with E-state index in [0.29, 0.717) is 0 Å². The Morgan fingerprint density at radius 2 is 0.924 bits per heavy atom. The molecule has 1 fully saturated rings. The maximum atomic E-state index is 2.87. The van der Waals surface area contributed by atoms with E-state index in [4.69, 9.17) is 0 Å². The summed E-state index contributed by atoms with van der Waals surface area (Å²) in [5.74, 6) is 0. The lowest BCUT2D eigenvalue weighted by atomic mass is 9.33. The number of hydrogen-bond donors (Lipinski definition) is 0. The molecule has 92 heavy (non-hydrogen) atoms. The molecule has 3 aliphatic heterocycles. The molecule has 460 valence electrons. The van der Waals surface area contributed by atoms with Crippen molar-refractivity contribution in [2.75, 3.05) is 14.7 Å². The Kier molecular flexibility index (Phi) is 12.9. The summed E-state index contributed by atoms with van der Waals surface area (Å²) in [7, 11) is -2.90. The molecule has 0 aromatic heterocycles. The van der Waals surface area contributed by atoms with Crippen molar-refractivity contribution in [2.24, 2.45) is 21.7 Å². The highest BCUT2D eigenvalue weighted by Crippen LogP contribution is 2.68. The van der Waals surface area contributed by atoms with Crippen LogP contribution >= 0.6 is 0 Å². The smallest absolute Gasteiger partial charge is 0.252 e. The Labute approximate surface area is 550 Å². The van der Waals surface area contributed by atoms with Gasteiger partial charge in [-0.25, -0.2) is 0 Å². The summed E-state index contributed by atoms with van der Waals surface area (Å²) in [5, 5.41) is 5.65. The molecule has 0 radical (unpaired) electrons. The molecule has 5 heteroatoms. The number of hydrogen-bond acceptors (Lipinski definition) is 3. The lowest BCUT2D eigenvalue weighted by molar-refractivity contribution is -0.0311. The average molecular weight is 1220 g/mol. The van der Waals surface area contributed by atoms with Crippen molar-refractivity contribution >= 4 is 97.4 Å². The molecule has 10 aromatic rings. The van der Waals surface area contributed by atoms with E-state index in [-0.39, 0.29) is 44.7 Å². The van der Waals surface area contributed by atoms with Crippen molar-refractivity contribution in [3.63, 3.8) is 0 Å². The fourth-order valence-electron chi connectivity index (χ4n) is 19.1. The van der Waals surface area contributed by atoms with Gasteiger partial charge in [-0.1, -0.05) is 241 Å². The summed E-state index contributed by atoms with van der Waals surface area (Å²) < 4.78 is 0. The SMILES string of the molecule is Cc1cc2c3c(c1)N(c1ccc(C(C)(C)C)cc1-c1ccccc1)c1cc(N4c5ccc([Si](c6ccccc6)(c6ccccc6)c6ccccc6)cc5C5(C)CC(C)(C)C(C)(C)CC45C)ccc1B3c1cc3c(cc1N2c1ccc2c(c1)CC(C)(C)C2)CC(C)(C)C3. The van der Waals surface area contributed by atoms with Gasteiger partial charge in [0.2, 0.25) is 0 Å². The van der Waals surface area contributed by atoms with E-state index >= 15 is 0 Å². The molecule has 16 rings (SSSR count). The van der Waals surface area contributed by atoms with Crippen molar-refractivity contribution in [2.45, 2.75) is 152 Å². The zero-order valence-corrected chi connectivity index (χ0v) is 57.9. The third-order valence-corrected chi connectivity index (χ3v) is 28.8. The molecule has 10 aromatic carbocycles. The van der Waals surface area contributed by atoms with E-state index in [1.54, 1.807) is 0 Å². The van der Waals surface area contributed by atoms with E-state index in [2.05, 4.69) is 330 Å². The van der Waals surface area contributed by atoms with E-state index in [0.717, 1.165) is 38.5 Å². The Morgan fingerprint density at radius 1 is 0.402 bits per heavy atom. The van der Waals surface area contributed by atoms with Crippen LogP contribution in [-0.4, -0.2) is 20.3 Å². The van der Waals surface area contributed by atoms with Gasteiger partial charge < -0.3 is 14.7 Å². The van der Waals surface area contributed by atoms with Gasteiger partial charge in [-0.2, -0.15) is 0 Å². The molecule has 3 nitrogen and oxygen atoms in total. The molecule has 0 amide bonds. The van der Waals surface area contributed by atoms with Crippen molar-refractivity contribution < 1.29 is 0 Å². The maximum absolute atomic E-state index is 2.90. The predicted octanol–water partition coefficient (Wildman–Crippen LogP) is 17.7. The van der Waals surface area contributed by atoms with Crippen molar-refractivity contribution in [3.8, 4) is 11.1 Å². The molecule has 0 N–H and O–H groups in total. The van der Waals surface area contributed by atoms with Crippen LogP contribution in [-0.2, 0) is 36.5 Å². The van der Waals surface area contributed by atoms with Crippen LogP contribution in [0.1, 0.15) is 142 Å². The Morgan fingerprint density at radius 3 is 1.53 bits per heavy atom. The summed E-state index contributed by atoms with van der Waals surface area (Å²) >= 11 is 0. The fourth-order valence-corrected chi connectivity index (χ4v) is 23.8. The molecule has 0 saturated heterocycles. The van der Waals surface area contributed by atoms with Gasteiger partial charge in [0.15, 0.2) is 8.07 Å². The highest BCUT2D eigenvalue weighted by molar-refractivity contribution is 7.20. The number of fused-ring (bicyclic) bond motifs is 9. The molecule has 3 heterocycles. The Bertz CT molecular complexity index is 4540. The Balaban J connectivity index is 0.975. The average Bonchev–Trinajstić information content (AvgIpc) is 1.42. The van der Waals surface area contributed by atoms with Gasteiger partial charge in [0.25, 0.3) is 6.71 Å². The molecule has 2 atom stereocenters. The fraction of sp³-hybridized carbons (Fsp3) is 0.310. The van der Waals surface area contributed by atoms with Crippen molar-refractivity contribution in [1.29, 1.82) is 0 Å². The molecule has 2 unspecified atom stereocenters. The number of aryl methyl sites for hydroxylation is 1. The minimum Gasteiger partial charge on any atom is -0.334 e. The first kappa shape index (κ1) is 58.9. The summed E-state index contributed by atoms with van der Waals surface area (Å²) in [6.45, 7) is 34.8. The van der Waals surface area contributed by atoms with Gasteiger partial charge in [0, 0.05) is 50.8 Å². The van der Waals surface area contributed by atoms with E-state index in [1.165, 1.54) is 133 Å². The number of nitrogens with zero attached hydrogens (tertiary/aromatic N) is 3. The first-order chi connectivity index (χ1) is 43.8. The van der Waals surface area contributed by atoms with Gasteiger partial charge in [0.1, 0.15) is 0 Å². The first-order valence-corrected chi connectivity index (χ1v) is 36.3. The Hall–Kier alpha value is -8.12. The first-order valence-electron chi connectivity index (χ1n) is 34.3. The van der Waals surface area contributed by atoms with Crippen LogP contribution in [0.4, 0.5) is 45.5 Å². The summed E-state index contributed by atoms with van der Waals surface area (Å²) in [5.41, 5.74) is 26.8. The molecular weight excluding hydrogens is 1130 g/mol. The normalized spacial score (nSPS) is 20.8. The van der Waals surface area contributed by atoms with Gasteiger partial charge in [0.05, 0.1) is 11.2 Å². The molecule has 1 saturated carbocycles. The van der Waals surface area contributed by atoms with Gasteiger partial charge in [-0.05, 0) is 222 Å². The van der Waals surface area contributed by atoms with Crippen molar-refractivity contribution in [1.82, 2.24) is 0 Å². The van der Waals surface area contributed by atoms with Gasteiger partial charge >= 0.3 is 0 Å². The number of benzene rings is 10. The van der Waals surface area contributed by atoms with Crippen LogP contribution in [0.3, 0.4) is 0 Å². The molecule has 0 spiro atoms. The highest BCUT2D eigenvalue weighted by Gasteiger charge is 2.66.